The Balaban J connectivity index is 1.86. The Labute approximate surface area is 151 Å². The Hall–Kier alpha value is -3.53. The van der Waals surface area contributed by atoms with Gasteiger partial charge in [-0.05, 0) is 55.0 Å². The summed E-state index contributed by atoms with van der Waals surface area (Å²) in [5.74, 6) is 1.34. The van der Waals surface area contributed by atoms with Crippen LogP contribution in [0.25, 0.3) is 0 Å². The van der Waals surface area contributed by atoms with Gasteiger partial charge in [-0.2, -0.15) is 10.4 Å². The fourth-order valence-electron chi connectivity index (χ4n) is 2.03. The number of hydrazone groups is 1. The normalized spacial score (nSPS) is 10.2. The van der Waals surface area contributed by atoms with Crippen molar-refractivity contribution in [3.8, 4) is 23.3 Å². The van der Waals surface area contributed by atoms with Crippen LogP contribution in [0.5, 0.6) is 17.2 Å². The summed E-state index contributed by atoms with van der Waals surface area (Å²) in [6, 6.07) is 13.8. The van der Waals surface area contributed by atoms with E-state index in [9.17, 15) is 4.79 Å². The fraction of sp³-hybridized carbons (Fsp3) is 0.211. The summed E-state index contributed by atoms with van der Waals surface area (Å²) in [7, 11) is 1.57. The first kappa shape index (κ1) is 18.8. The zero-order valence-electron chi connectivity index (χ0n) is 14.6. The summed E-state index contributed by atoms with van der Waals surface area (Å²) < 4.78 is 16.0. The average molecular weight is 353 g/mol. The van der Waals surface area contributed by atoms with Gasteiger partial charge >= 0.3 is 0 Å². The largest absolute Gasteiger partial charge is 0.493 e. The highest BCUT2D eigenvalue weighted by atomic mass is 16.5. The lowest BCUT2D eigenvalue weighted by atomic mass is 10.2. The van der Waals surface area contributed by atoms with Crippen molar-refractivity contribution in [2.45, 2.75) is 6.92 Å². The van der Waals surface area contributed by atoms with E-state index < -0.39 is 5.91 Å². The van der Waals surface area contributed by atoms with Crippen LogP contribution >= 0.6 is 0 Å². The first-order valence-electron chi connectivity index (χ1n) is 7.92. The number of ether oxygens (including phenoxy) is 3. The van der Waals surface area contributed by atoms with Gasteiger partial charge in [0.05, 0.1) is 31.6 Å². The Bertz CT molecular complexity index is 811. The van der Waals surface area contributed by atoms with E-state index in [1.165, 1.54) is 6.21 Å². The van der Waals surface area contributed by atoms with E-state index in [4.69, 9.17) is 19.5 Å². The van der Waals surface area contributed by atoms with Gasteiger partial charge in [-0.15, -0.1) is 0 Å². The standard InChI is InChI=1S/C19H19N3O4/c1-3-25-18-10-15(6-9-17(18)24-2)12-21-22-19(23)13-26-16-7-4-14(11-20)5-8-16/h4-10,12H,3,13H2,1-2H3,(H,22,23)/b21-12-. The van der Waals surface area contributed by atoms with Crippen LogP contribution < -0.4 is 19.6 Å². The molecule has 2 aromatic rings. The van der Waals surface area contributed by atoms with Crippen LogP contribution in [0.2, 0.25) is 0 Å². The molecule has 0 heterocycles. The van der Waals surface area contributed by atoms with Crippen molar-refractivity contribution in [3.05, 3.63) is 53.6 Å². The highest BCUT2D eigenvalue weighted by Gasteiger charge is 2.05. The highest BCUT2D eigenvalue weighted by molar-refractivity contribution is 5.83. The third-order valence-corrected chi connectivity index (χ3v) is 3.24. The molecule has 134 valence electrons. The van der Waals surface area contributed by atoms with E-state index in [-0.39, 0.29) is 6.61 Å². The van der Waals surface area contributed by atoms with E-state index in [2.05, 4.69) is 10.5 Å². The van der Waals surface area contributed by atoms with Gasteiger partial charge in [-0.25, -0.2) is 5.43 Å². The third kappa shape index (κ3) is 5.53. The maximum absolute atomic E-state index is 11.8. The summed E-state index contributed by atoms with van der Waals surface area (Å²) >= 11 is 0. The number of hydrogen-bond acceptors (Lipinski definition) is 6. The number of hydrogen-bond donors (Lipinski definition) is 1. The van der Waals surface area contributed by atoms with E-state index >= 15 is 0 Å². The molecule has 1 N–H and O–H groups in total. The number of benzene rings is 2. The minimum atomic E-state index is -0.399. The molecular weight excluding hydrogens is 334 g/mol. The minimum Gasteiger partial charge on any atom is -0.493 e. The van der Waals surface area contributed by atoms with Crippen molar-refractivity contribution in [1.29, 1.82) is 5.26 Å². The summed E-state index contributed by atoms with van der Waals surface area (Å²) in [5, 5.41) is 12.6. The van der Waals surface area contributed by atoms with Crippen molar-refractivity contribution < 1.29 is 19.0 Å². The minimum absolute atomic E-state index is 0.184. The van der Waals surface area contributed by atoms with Crippen molar-refractivity contribution in [1.82, 2.24) is 5.43 Å². The van der Waals surface area contributed by atoms with Crippen LogP contribution in [0.4, 0.5) is 0 Å². The predicted octanol–water partition coefficient (Wildman–Crippen LogP) is 2.49. The van der Waals surface area contributed by atoms with Crippen LogP contribution in [-0.2, 0) is 4.79 Å². The Morgan fingerprint density at radius 2 is 1.96 bits per heavy atom. The van der Waals surface area contributed by atoms with E-state index in [1.54, 1.807) is 49.6 Å². The predicted molar refractivity (Wildman–Crippen MR) is 96.6 cm³/mol. The molecule has 0 aliphatic heterocycles. The van der Waals surface area contributed by atoms with Gasteiger partial charge in [0.1, 0.15) is 5.75 Å². The molecule has 0 radical (unpaired) electrons. The second-order valence-corrected chi connectivity index (χ2v) is 5.06. The molecule has 0 bridgehead atoms. The second-order valence-electron chi connectivity index (χ2n) is 5.06. The van der Waals surface area contributed by atoms with Crippen molar-refractivity contribution in [2.75, 3.05) is 20.3 Å². The zero-order valence-corrected chi connectivity index (χ0v) is 14.6. The average Bonchev–Trinajstić information content (AvgIpc) is 2.67. The maximum Gasteiger partial charge on any atom is 0.277 e. The summed E-state index contributed by atoms with van der Waals surface area (Å²) in [4.78, 5) is 11.8. The van der Waals surface area contributed by atoms with Gasteiger partial charge in [0, 0.05) is 0 Å². The topological polar surface area (TPSA) is 92.9 Å². The van der Waals surface area contributed by atoms with Crippen LogP contribution in [0.1, 0.15) is 18.1 Å². The van der Waals surface area contributed by atoms with Gasteiger partial charge in [-0.1, -0.05) is 0 Å². The van der Waals surface area contributed by atoms with Gasteiger partial charge in [0.25, 0.3) is 5.91 Å². The molecule has 0 unspecified atom stereocenters. The molecule has 2 aromatic carbocycles. The monoisotopic (exact) mass is 353 g/mol. The number of rotatable bonds is 8. The van der Waals surface area contributed by atoms with Gasteiger partial charge in [-0.3, -0.25) is 4.79 Å². The molecule has 0 aromatic heterocycles. The van der Waals surface area contributed by atoms with Crippen LogP contribution in [0.15, 0.2) is 47.6 Å². The van der Waals surface area contributed by atoms with Gasteiger partial charge < -0.3 is 14.2 Å². The number of methoxy groups -OCH3 is 1. The van der Waals surface area contributed by atoms with E-state index in [0.29, 0.717) is 29.4 Å². The number of nitriles is 1. The van der Waals surface area contributed by atoms with Crippen molar-refractivity contribution in [2.24, 2.45) is 5.10 Å². The van der Waals surface area contributed by atoms with Crippen LogP contribution in [-0.4, -0.2) is 32.4 Å². The molecule has 0 atom stereocenters. The Morgan fingerprint density at radius 3 is 2.62 bits per heavy atom. The van der Waals surface area contributed by atoms with Crippen molar-refractivity contribution >= 4 is 12.1 Å². The summed E-state index contributed by atoms with van der Waals surface area (Å²) in [6.07, 6.45) is 1.50. The molecule has 0 aliphatic carbocycles. The van der Waals surface area contributed by atoms with Crippen molar-refractivity contribution in [3.63, 3.8) is 0 Å². The first-order valence-corrected chi connectivity index (χ1v) is 7.92. The molecule has 0 saturated heterocycles. The zero-order chi connectivity index (χ0) is 18.8. The lowest BCUT2D eigenvalue weighted by molar-refractivity contribution is -0.123. The SMILES string of the molecule is CCOc1cc(/C=N\NC(=O)COc2ccc(C#N)cc2)ccc1OC. The lowest BCUT2D eigenvalue weighted by Crippen LogP contribution is -2.24. The Kier molecular flexibility index (Phi) is 7.01. The first-order chi connectivity index (χ1) is 12.7. The molecule has 26 heavy (non-hydrogen) atoms. The maximum atomic E-state index is 11.8. The molecule has 7 heteroatoms. The van der Waals surface area contributed by atoms with Crippen LogP contribution in [0, 0.1) is 11.3 Å². The molecular formula is C19H19N3O4. The second kappa shape index (κ2) is 9.69. The van der Waals surface area contributed by atoms with Gasteiger partial charge in [0.15, 0.2) is 18.1 Å². The molecule has 0 fully saturated rings. The molecule has 0 spiro atoms. The molecule has 1 amide bonds. The number of amides is 1. The smallest absolute Gasteiger partial charge is 0.277 e. The number of nitrogens with one attached hydrogen (secondary N) is 1. The molecule has 7 nitrogen and oxygen atoms in total. The lowest BCUT2D eigenvalue weighted by Gasteiger charge is -2.09. The Morgan fingerprint density at radius 1 is 1.19 bits per heavy atom. The number of carbonyl (C=O) groups is 1. The molecule has 2 rings (SSSR count). The fourth-order valence-corrected chi connectivity index (χ4v) is 2.03. The summed E-state index contributed by atoms with van der Waals surface area (Å²) in [5.41, 5.74) is 3.66. The van der Waals surface area contributed by atoms with Gasteiger partial charge in [0.2, 0.25) is 0 Å². The number of carbonyl (C=O) groups excluding carboxylic acids is 1. The third-order valence-electron chi connectivity index (χ3n) is 3.24. The quantitative estimate of drug-likeness (QED) is 0.581. The number of nitrogens with zero attached hydrogens (tertiary/aromatic N) is 2. The highest BCUT2D eigenvalue weighted by Crippen LogP contribution is 2.27. The van der Waals surface area contributed by atoms with Crippen LogP contribution in [0.3, 0.4) is 0 Å². The molecule has 0 saturated carbocycles. The van der Waals surface area contributed by atoms with E-state index in [1.807, 2.05) is 13.0 Å². The molecule has 0 aliphatic rings. The summed E-state index contributed by atoms with van der Waals surface area (Å²) in [6.45, 7) is 2.21. The van der Waals surface area contributed by atoms with E-state index in [0.717, 1.165) is 5.56 Å².